The third-order valence-corrected chi connectivity index (χ3v) is 2.74. The van der Waals surface area contributed by atoms with Gasteiger partial charge in [-0.25, -0.2) is 0 Å². The smallest absolute Gasteiger partial charge is 0.545 e. The molecule has 23 heavy (non-hydrogen) atoms. The van der Waals surface area contributed by atoms with Gasteiger partial charge in [0, 0.05) is 0 Å². The fourth-order valence-corrected chi connectivity index (χ4v) is 1.49. The van der Waals surface area contributed by atoms with Gasteiger partial charge in [0.25, 0.3) is 0 Å². The van der Waals surface area contributed by atoms with Crippen molar-refractivity contribution in [2.45, 2.75) is 13.2 Å². The zero-order chi connectivity index (χ0) is 16.5. The molecule has 2 rings (SSSR count). The van der Waals surface area contributed by atoms with Gasteiger partial charge >= 0.3 is 17.1 Å². The van der Waals surface area contributed by atoms with Gasteiger partial charge in [-0.15, -0.1) is 0 Å². The molecule has 0 aliphatic rings. The molecule has 0 atom stereocenters. The van der Waals surface area contributed by atoms with E-state index in [4.69, 9.17) is 10.2 Å². The number of carbonyl (C=O) groups excluding carboxylic acids is 2. The zero-order valence-electron chi connectivity index (χ0n) is 11.9. The minimum atomic E-state index is -1.20. The van der Waals surface area contributed by atoms with E-state index in [2.05, 4.69) is 0 Å². The summed E-state index contributed by atoms with van der Waals surface area (Å²) in [5, 5.41) is 37.7. The van der Waals surface area contributed by atoms with E-state index in [-0.39, 0.29) is 41.4 Å². The van der Waals surface area contributed by atoms with Crippen LogP contribution in [-0.4, -0.2) is 22.2 Å². The van der Waals surface area contributed by atoms with Gasteiger partial charge in [0.1, 0.15) is 0 Å². The van der Waals surface area contributed by atoms with E-state index >= 15 is 0 Å². The molecule has 6 nitrogen and oxygen atoms in total. The Bertz CT molecular complexity index is 565. The van der Waals surface area contributed by atoms with Gasteiger partial charge in [0.2, 0.25) is 0 Å². The Balaban J connectivity index is 0.000000403. The standard InChI is InChI=1S/2C8H8O3.Cu/c2*9-5-6-1-3-7(4-2-6)8(10)11;/h2*1-4,9H,5H2,(H,10,11);/q;;+2/p-2. The van der Waals surface area contributed by atoms with Crippen LogP contribution in [0, 0.1) is 0 Å². The van der Waals surface area contributed by atoms with Crippen molar-refractivity contribution in [1.82, 2.24) is 0 Å². The zero-order valence-corrected chi connectivity index (χ0v) is 12.8. The predicted octanol–water partition coefficient (Wildman–Crippen LogP) is -0.918. The molecule has 0 aliphatic heterocycles. The number of aromatic carboxylic acids is 2. The summed E-state index contributed by atoms with van der Waals surface area (Å²) in [7, 11) is 0. The van der Waals surface area contributed by atoms with Crippen molar-refractivity contribution < 1.29 is 47.1 Å². The van der Waals surface area contributed by atoms with Crippen LogP contribution in [0.4, 0.5) is 0 Å². The van der Waals surface area contributed by atoms with E-state index in [0.29, 0.717) is 11.1 Å². The van der Waals surface area contributed by atoms with Crippen LogP contribution in [0.15, 0.2) is 48.5 Å². The van der Waals surface area contributed by atoms with E-state index in [1.54, 1.807) is 24.3 Å². The second-order valence-corrected chi connectivity index (χ2v) is 4.28. The summed E-state index contributed by atoms with van der Waals surface area (Å²) in [4.78, 5) is 20.5. The van der Waals surface area contributed by atoms with E-state index in [1.807, 2.05) is 0 Å². The van der Waals surface area contributed by atoms with E-state index in [0.717, 1.165) is 0 Å². The summed E-state index contributed by atoms with van der Waals surface area (Å²) in [5.74, 6) is -2.40. The minimum absolute atomic E-state index is 0. The van der Waals surface area contributed by atoms with Crippen molar-refractivity contribution in [1.29, 1.82) is 0 Å². The summed E-state index contributed by atoms with van der Waals surface area (Å²) in [6.45, 7) is -0.152. The normalized spacial score (nSPS) is 9.13. The number of hydrogen-bond acceptors (Lipinski definition) is 6. The maximum Gasteiger partial charge on any atom is 2.00 e. The Kier molecular flexibility index (Phi) is 9.53. The predicted molar refractivity (Wildman–Crippen MR) is 73.4 cm³/mol. The maximum absolute atomic E-state index is 10.2. The number of carbonyl (C=O) groups is 2. The number of hydrogen-bond donors (Lipinski definition) is 2. The van der Waals surface area contributed by atoms with Crippen LogP contribution in [-0.2, 0) is 30.3 Å². The van der Waals surface area contributed by atoms with Gasteiger partial charge in [0.15, 0.2) is 0 Å². The molecule has 2 aromatic carbocycles. The van der Waals surface area contributed by atoms with Crippen LogP contribution < -0.4 is 10.2 Å². The molecule has 0 saturated carbocycles. The molecule has 125 valence electrons. The Morgan fingerprint density at radius 2 is 0.957 bits per heavy atom. The molecule has 0 fully saturated rings. The second kappa shape index (κ2) is 10.5. The monoisotopic (exact) mass is 365 g/mol. The fraction of sp³-hybridized carbons (Fsp3) is 0.125. The van der Waals surface area contributed by atoms with Gasteiger partial charge in [0.05, 0.1) is 25.2 Å². The first-order chi connectivity index (χ1) is 10.5. The first kappa shape index (κ1) is 20.8. The van der Waals surface area contributed by atoms with Gasteiger partial charge < -0.3 is 30.0 Å². The number of aliphatic hydroxyl groups is 2. The molecular weight excluding hydrogens is 352 g/mol. The van der Waals surface area contributed by atoms with Crippen molar-refractivity contribution in [2.75, 3.05) is 0 Å². The molecule has 2 aromatic rings. The second-order valence-electron chi connectivity index (χ2n) is 4.28. The van der Waals surface area contributed by atoms with Crippen LogP contribution in [0.1, 0.15) is 31.8 Å². The average Bonchev–Trinajstić information content (AvgIpc) is 2.55. The van der Waals surface area contributed by atoms with E-state index < -0.39 is 11.9 Å². The molecule has 7 heteroatoms. The van der Waals surface area contributed by atoms with Crippen molar-refractivity contribution >= 4 is 11.9 Å². The molecule has 1 radical (unpaired) electrons. The van der Waals surface area contributed by atoms with Gasteiger partial charge in [-0.05, 0) is 22.3 Å². The van der Waals surface area contributed by atoms with Crippen LogP contribution >= 0.6 is 0 Å². The van der Waals surface area contributed by atoms with Gasteiger partial charge in [-0.2, -0.15) is 0 Å². The molecule has 0 aliphatic carbocycles. The van der Waals surface area contributed by atoms with Crippen molar-refractivity contribution in [3.05, 3.63) is 70.8 Å². The quantitative estimate of drug-likeness (QED) is 0.676. The number of carboxylic acids is 2. The third kappa shape index (κ3) is 7.08. The molecule has 0 heterocycles. The van der Waals surface area contributed by atoms with Crippen LogP contribution in [0.25, 0.3) is 0 Å². The number of rotatable bonds is 4. The molecular formula is C16H14CuO6. The average molecular weight is 366 g/mol. The molecule has 0 saturated heterocycles. The Morgan fingerprint density at radius 1 is 0.696 bits per heavy atom. The summed E-state index contributed by atoms with van der Waals surface area (Å²) in [5.41, 5.74) is 1.63. The fourth-order valence-electron chi connectivity index (χ4n) is 1.49. The Labute approximate surface area is 143 Å². The molecule has 2 N–H and O–H groups in total. The van der Waals surface area contributed by atoms with Crippen molar-refractivity contribution in [2.24, 2.45) is 0 Å². The maximum atomic E-state index is 10.2. The third-order valence-electron chi connectivity index (χ3n) is 2.74. The number of aliphatic hydroxyl groups excluding tert-OH is 2. The van der Waals surface area contributed by atoms with Crippen molar-refractivity contribution in [3.8, 4) is 0 Å². The van der Waals surface area contributed by atoms with Crippen LogP contribution in [0.2, 0.25) is 0 Å². The molecule has 0 unspecified atom stereocenters. The molecule has 0 aromatic heterocycles. The summed E-state index contributed by atoms with van der Waals surface area (Å²) in [6.07, 6.45) is 0. The van der Waals surface area contributed by atoms with E-state index in [9.17, 15) is 19.8 Å². The number of carboxylic acid groups (broad SMARTS) is 2. The summed E-state index contributed by atoms with van der Waals surface area (Å²) < 4.78 is 0. The summed E-state index contributed by atoms with van der Waals surface area (Å²) >= 11 is 0. The molecule has 0 amide bonds. The molecule has 0 spiro atoms. The Hall–Kier alpha value is -2.18. The van der Waals surface area contributed by atoms with Gasteiger partial charge in [-0.1, -0.05) is 48.5 Å². The number of benzene rings is 2. The topological polar surface area (TPSA) is 121 Å². The van der Waals surface area contributed by atoms with Crippen molar-refractivity contribution in [3.63, 3.8) is 0 Å². The van der Waals surface area contributed by atoms with Crippen LogP contribution in [0.5, 0.6) is 0 Å². The molecule has 0 bridgehead atoms. The SMILES string of the molecule is O=C([O-])c1ccc(CO)cc1.O=C([O-])c1ccc(CO)cc1.[Cu+2]. The van der Waals surface area contributed by atoms with Crippen LogP contribution in [0.3, 0.4) is 0 Å². The largest absolute Gasteiger partial charge is 2.00 e. The minimum Gasteiger partial charge on any atom is -0.545 e. The Morgan fingerprint density at radius 3 is 1.13 bits per heavy atom. The summed E-state index contributed by atoms with van der Waals surface area (Å²) in [6, 6.07) is 11.8. The first-order valence-electron chi connectivity index (χ1n) is 6.30. The van der Waals surface area contributed by atoms with E-state index in [1.165, 1.54) is 24.3 Å². The van der Waals surface area contributed by atoms with Gasteiger partial charge in [-0.3, -0.25) is 0 Å². The first-order valence-corrected chi connectivity index (χ1v) is 6.30.